The van der Waals surface area contributed by atoms with Crippen molar-refractivity contribution in [3.05, 3.63) is 51.0 Å². The van der Waals surface area contributed by atoms with Gasteiger partial charge in [-0.1, -0.05) is 23.2 Å². The normalized spacial score (nSPS) is 16.0. The van der Waals surface area contributed by atoms with E-state index in [4.69, 9.17) is 42.1 Å². The van der Waals surface area contributed by atoms with Crippen LogP contribution in [0.2, 0.25) is 0 Å². The fourth-order valence-electron chi connectivity index (χ4n) is 4.38. The van der Waals surface area contributed by atoms with Crippen molar-refractivity contribution in [1.29, 1.82) is 0 Å². The molecule has 2 aromatic carbocycles. The molecule has 0 unspecified atom stereocenters. The largest absolute Gasteiger partial charge is 0.493 e. The molecule has 3 aliphatic heterocycles. The van der Waals surface area contributed by atoms with E-state index in [1.54, 1.807) is 20.3 Å². The Balaban J connectivity index is 1.87. The van der Waals surface area contributed by atoms with E-state index in [-0.39, 0.29) is 11.3 Å². The van der Waals surface area contributed by atoms with E-state index in [0.717, 1.165) is 23.1 Å². The number of ether oxygens (including phenoxy) is 4. The third kappa shape index (κ3) is 2.60. The van der Waals surface area contributed by atoms with E-state index < -0.39 is 0 Å². The number of hydrogen-bond acceptors (Lipinski definition) is 6. The predicted octanol–water partition coefficient (Wildman–Crippen LogP) is 4.48. The molecule has 30 heavy (non-hydrogen) atoms. The lowest BCUT2D eigenvalue weighted by molar-refractivity contribution is -0.103. The lowest BCUT2D eigenvalue weighted by atomic mass is 9.84. The molecule has 0 radical (unpaired) electrons. The molecule has 3 heterocycles. The monoisotopic (exact) mass is 445 g/mol. The van der Waals surface area contributed by atoms with E-state index >= 15 is 0 Å². The van der Waals surface area contributed by atoms with Crippen molar-refractivity contribution in [3.8, 4) is 23.0 Å². The van der Waals surface area contributed by atoms with Crippen LogP contribution >= 0.6 is 23.2 Å². The van der Waals surface area contributed by atoms with Crippen LogP contribution in [0.3, 0.4) is 0 Å². The molecule has 2 aromatic rings. The lowest BCUT2D eigenvalue weighted by Crippen LogP contribution is -2.33. The van der Waals surface area contributed by atoms with Gasteiger partial charge in [0, 0.05) is 23.2 Å². The van der Waals surface area contributed by atoms with E-state index in [1.165, 1.54) is 0 Å². The maximum Gasteiger partial charge on any atom is 0.231 e. The smallest absolute Gasteiger partial charge is 0.231 e. The van der Waals surface area contributed by atoms with Gasteiger partial charge in [0.25, 0.3) is 0 Å². The van der Waals surface area contributed by atoms with E-state index in [2.05, 4.69) is 0 Å². The SMILES string of the molecule is COc1ccc2c(c1OC)C(=C(Cl)Cl)N1CCc3cc4c(cc3C1=C2C=O)OCO4. The number of methoxy groups -OCH3 is 2. The molecule has 0 bridgehead atoms. The van der Waals surface area contributed by atoms with Crippen LogP contribution in [0.25, 0.3) is 17.0 Å². The number of halogens is 2. The third-order valence-electron chi connectivity index (χ3n) is 5.62. The fraction of sp³-hybridized carbons (Fsp3) is 0.227. The highest BCUT2D eigenvalue weighted by Crippen LogP contribution is 2.53. The molecule has 3 aliphatic rings. The van der Waals surface area contributed by atoms with Crippen molar-refractivity contribution in [3.63, 3.8) is 0 Å². The molecule has 0 spiro atoms. The highest BCUT2D eigenvalue weighted by atomic mass is 35.5. The Labute approximate surface area is 183 Å². The van der Waals surface area contributed by atoms with Crippen molar-refractivity contribution < 1.29 is 23.7 Å². The molecular formula is C22H17Cl2NO5. The van der Waals surface area contributed by atoms with E-state index in [9.17, 15) is 4.79 Å². The summed E-state index contributed by atoms with van der Waals surface area (Å²) in [5.74, 6) is 2.36. The molecule has 6 nitrogen and oxygen atoms in total. The molecule has 8 heteroatoms. The van der Waals surface area contributed by atoms with Crippen LogP contribution in [0.5, 0.6) is 23.0 Å². The Morgan fingerprint density at radius 3 is 2.53 bits per heavy atom. The Morgan fingerprint density at radius 2 is 1.87 bits per heavy atom. The minimum Gasteiger partial charge on any atom is -0.493 e. The van der Waals surface area contributed by atoms with Gasteiger partial charge in [-0.15, -0.1) is 0 Å². The summed E-state index contributed by atoms with van der Waals surface area (Å²) < 4.78 is 22.3. The van der Waals surface area contributed by atoms with Gasteiger partial charge in [-0.05, 0) is 36.2 Å². The molecule has 0 aliphatic carbocycles. The van der Waals surface area contributed by atoms with Crippen LogP contribution in [0.4, 0.5) is 0 Å². The highest BCUT2D eigenvalue weighted by molar-refractivity contribution is 6.58. The van der Waals surface area contributed by atoms with Gasteiger partial charge in [0.15, 0.2) is 29.3 Å². The van der Waals surface area contributed by atoms with Crippen LogP contribution in [0, 0.1) is 0 Å². The van der Waals surface area contributed by atoms with Gasteiger partial charge in [0.2, 0.25) is 6.79 Å². The van der Waals surface area contributed by atoms with Crippen LogP contribution in [-0.2, 0) is 11.2 Å². The average Bonchev–Trinajstić information content (AvgIpc) is 3.21. The molecule has 0 saturated heterocycles. The lowest BCUT2D eigenvalue weighted by Gasteiger charge is -2.40. The first-order valence-electron chi connectivity index (χ1n) is 9.30. The van der Waals surface area contributed by atoms with Crippen molar-refractivity contribution >= 4 is 46.5 Å². The highest BCUT2D eigenvalue weighted by Gasteiger charge is 2.38. The first-order chi connectivity index (χ1) is 14.6. The van der Waals surface area contributed by atoms with Crippen molar-refractivity contribution in [1.82, 2.24) is 4.90 Å². The Morgan fingerprint density at radius 1 is 1.10 bits per heavy atom. The number of nitrogens with zero attached hydrogens (tertiary/aromatic N) is 1. The molecule has 0 aromatic heterocycles. The zero-order valence-corrected chi connectivity index (χ0v) is 17.8. The molecule has 0 atom stereocenters. The summed E-state index contributed by atoms with van der Waals surface area (Å²) in [6.07, 6.45) is 1.57. The van der Waals surface area contributed by atoms with Crippen molar-refractivity contribution in [2.45, 2.75) is 6.42 Å². The second-order valence-electron chi connectivity index (χ2n) is 6.98. The Hall–Kier alpha value is -2.83. The molecule has 154 valence electrons. The number of hydrogen-bond donors (Lipinski definition) is 0. The minimum atomic E-state index is 0.0782. The van der Waals surface area contributed by atoms with E-state index in [1.807, 2.05) is 23.1 Å². The number of benzene rings is 2. The summed E-state index contributed by atoms with van der Waals surface area (Å²) in [6.45, 7) is 0.761. The summed E-state index contributed by atoms with van der Waals surface area (Å²) in [7, 11) is 3.10. The summed E-state index contributed by atoms with van der Waals surface area (Å²) >= 11 is 12.8. The van der Waals surface area contributed by atoms with Crippen molar-refractivity contribution in [2.24, 2.45) is 0 Å². The third-order valence-corrected chi connectivity index (χ3v) is 5.98. The van der Waals surface area contributed by atoms with Gasteiger partial charge in [-0.2, -0.15) is 0 Å². The molecule has 0 fully saturated rings. The molecular weight excluding hydrogens is 429 g/mol. The van der Waals surface area contributed by atoms with E-state index in [0.29, 0.717) is 58.4 Å². The van der Waals surface area contributed by atoms with Crippen LogP contribution in [0.1, 0.15) is 22.3 Å². The number of carbonyl (C=O) groups is 1. The number of allylic oxidation sites excluding steroid dienone is 1. The second kappa shape index (κ2) is 7.15. The topological polar surface area (TPSA) is 57.2 Å². The van der Waals surface area contributed by atoms with Gasteiger partial charge in [0.1, 0.15) is 4.49 Å². The first-order valence-corrected chi connectivity index (χ1v) is 10.1. The minimum absolute atomic E-state index is 0.0782. The average molecular weight is 446 g/mol. The zero-order chi connectivity index (χ0) is 21.0. The van der Waals surface area contributed by atoms with Gasteiger partial charge in [-0.25, -0.2) is 0 Å². The molecule has 0 amide bonds. The summed E-state index contributed by atoms with van der Waals surface area (Å²) in [5, 5.41) is 0. The van der Waals surface area contributed by atoms with Crippen LogP contribution in [0.15, 0.2) is 28.8 Å². The second-order valence-corrected chi connectivity index (χ2v) is 7.93. The maximum absolute atomic E-state index is 12.4. The van der Waals surface area contributed by atoms with Gasteiger partial charge in [0.05, 0.1) is 31.2 Å². The first kappa shape index (κ1) is 19.2. The predicted molar refractivity (Wildman–Crippen MR) is 114 cm³/mol. The number of fused-ring (bicyclic) bond motifs is 5. The van der Waals surface area contributed by atoms with Crippen molar-refractivity contribution in [2.75, 3.05) is 27.6 Å². The summed E-state index contributed by atoms with van der Waals surface area (Å²) in [6, 6.07) is 7.47. The Kier molecular flexibility index (Phi) is 4.56. The zero-order valence-electron chi connectivity index (χ0n) is 16.3. The quantitative estimate of drug-likeness (QED) is 0.649. The van der Waals surface area contributed by atoms with Gasteiger partial charge in [-0.3, -0.25) is 4.79 Å². The standard InChI is InChI=1S/C22H17Cl2NO5/c1-27-15-4-3-12-14(9-26)19-13-8-17-16(29-10-30-17)7-11(13)5-6-25(19)20(22(23)24)18(12)21(15)28-2/h3-4,7-9H,5-6,10H2,1-2H3. The number of rotatable bonds is 3. The fourth-order valence-corrected chi connectivity index (χ4v) is 4.77. The summed E-state index contributed by atoms with van der Waals surface area (Å²) in [5.41, 5.74) is 5.09. The van der Waals surface area contributed by atoms with Crippen LogP contribution < -0.4 is 18.9 Å². The number of aldehydes is 1. The van der Waals surface area contributed by atoms with Crippen LogP contribution in [-0.4, -0.2) is 38.7 Å². The molecule has 0 saturated carbocycles. The maximum atomic E-state index is 12.4. The molecule has 5 rings (SSSR count). The Bertz CT molecular complexity index is 1150. The summed E-state index contributed by atoms with van der Waals surface area (Å²) in [4.78, 5) is 14.3. The van der Waals surface area contributed by atoms with Gasteiger partial charge < -0.3 is 23.8 Å². The molecule has 0 N–H and O–H groups in total. The number of carbonyl (C=O) groups excluding carboxylic acids is 1. The van der Waals surface area contributed by atoms with Gasteiger partial charge >= 0.3 is 0 Å².